The first-order valence-corrected chi connectivity index (χ1v) is 10.2. The number of allylic oxidation sites excluding steroid dienone is 2. The lowest BCUT2D eigenvalue weighted by atomic mass is 9.97. The number of carbonyl (C=O) groups excluding carboxylic acids is 1. The number of ether oxygens (including phenoxy) is 2. The van der Waals surface area contributed by atoms with E-state index in [4.69, 9.17) is 9.47 Å². The molecule has 158 valence electrons. The van der Waals surface area contributed by atoms with Gasteiger partial charge in [-0.1, -0.05) is 42.5 Å². The van der Waals surface area contributed by atoms with E-state index in [1.54, 1.807) is 14.0 Å². The van der Waals surface area contributed by atoms with Crippen molar-refractivity contribution >= 4 is 17.3 Å². The van der Waals surface area contributed by atoms with Crippen LogP contribution in [0.2, 0.25) is 0 Å². The SMILES string of the molecule is CCOC(=O)C1=C(c2ccccc2)c2ccc(OCC3=CC=CCN3O)cc2/C1=N\C. The van der Waals surface area contributed by atoms with Crippen molar-refractivity contribution in [2.24, 2.45) is 4.99 Å². The normalized spacial score (nSPS) is 16.4. The van der Waals surface area contributed by atoms with Gasteiger partial charge < -0.3 is 9.47 Å². The van der Waals surface area contributed by atoms with E-state index in [2.05, 4.69) is 4.99 Å². The van der Waals surface area contributed by atoms with E-state index in [0.29, 0.717) is 29.3 Å². The molecule has 0 unspecified atom stereocenters. The van der Waals surface area contributed by atoms with Gasteiger partial charge in [-0.15, -0.1) is 0 Å². The average Bonchev–Trinajstić information content (AvgIpc) is 3.13. The largest absolute Gasteiger partial charge is 0.487 e. The number of hydroxylamine groups is 2. The number of rotatable bonds is 6. The van der Waals surface area contributed by atoms with Crippen molar-refractivity contribution < 1.29 is 19.5 Å². The van der Waals surface area contributed by atoms with E-state index in [-0.39, 0.29) is 13.2 Å². The molecule has 6 heteroatoms. The molecular formula is C25H24N2O4. The highest BCUT2D eigenvalue weighted by Gasteiger charge is 2.34. The Balaban J connectivity index is 1.72. The average molecular weight is 416 g/mol. The molecule has 0 saturated heterocycles. The van der Waals surface area contributed by atoms with Crippen LogP contribution in [0.1, 0.15) is 23.6 Å². The van der Waals surface area contributed by atoms with Gasteiger partial charge in [0.2, 0.25) is 0 Å². The molecule has 0 radical (unpaired) electrons. The first kappa shape index (κ1) is 20.6. The maximum absolute atomic E-state index is 12.9. The fourth-order valence-electron chi connectivity index (χ4n) is 3.78. The maximum atomic E-state index is 12.9. The number of aliphatic imine (C=N–C) groups is 1. The van der Waals surface area contributed by atoms with Crippen LogP contribution < -0.4 is 4.74 Å². The van der Waals surface area contributed by atoms with Crippen molar-refractivity contribution in [1.29, 1.82) is 0 Å². The maximum Gasteiger partial charge on any atom is 0.340 e. The Hall–Kier alpha value is -3.64. The van der Waals surface area contributed by atoms with Crippen molar-refractivity contribution in [1.82, 2.24) is 5.06 Å². The highest BCUT2D eigenvalue weighted by atomic mass is 16.5. The summed E-state index contributed by atoms with van der Waals surface area (Å²) >= 11 is 0. The molecular weight excluding hydrogens is 392 g/mol. The van der Waals surface area contributed by atoms with E-state index >= 15 is 0 Å². The predicted octanol–water partition coefficient (Wildman–Crippen LogP) is 4.01. The van der Waals surface area contributed by atoms with Gasteiger partial charge in [-0.2, -0.15) is 0 Å². The number of esters is 1. The highest BCUT2D eigenvalue weighted by molar-refractivity contribution is 6.37. The fraction of sp³-hybridized carbons (Fsp3) is 0.200. The fourth-order valence-corrected chi connectivity index (χ4v) is 3.78. The Morgan fingerprint density at radius 1 is 1.16 bits per heavy atom. The molecule has 1 heterocycles. The van der Waals surface area contributed by atoms with Crippen LogP contribution in [-0.4, -0.2) is 48.8 Å². The Morgan fingerprint density at radius 2 is 1.97 bits per heavy atom. The van der Waals surface area contributed by atoms with Crippen molar-refractivity contribution in [2.45, 2.75) is 6.92 Å². The van der Waals surface area contributed by atoms with Gasteiger partial charge in [0.25, 0.3) is 0 Å². The summed E-state index contributed by atoms with van der Waals surface area (Å²) in [5.74, 6) is 0.233. The second-order valence-electron chi connectivity index (χ2n) is 7.07. The number of fused-ring (bicyclic) bond motifs is 1. The zero-order valence-electron chi connectivity index (χ0n) is 17.5. The van der Waals surface area contributed by atoms with Crippen LogP contribution >= 0.6 is 0 Å². The summed E-state index contributed by atoms with van der Waals surface area (Å²) in [6.07, 6.45) is 5.55. The zero-order chi connectivity index (χ0) is 21.8. The van der Waals surface area contributed by atoms with Gasteiger partial charge in [-0.25, -0.2) is 4.79 Å². The van der Waals surface area contributed by atoms with Crippen LogP contribution in [0.4, 0.5) is 0 Å². The lowest BCUT2D eigenvalue weighted by molar-refractivity contribution is -0.137. The van der Waals surface area contributed by atoms with Gasteiger partial charge in [0.1, 0.15) is 12.4 Å². The van der Waals surface area contributed by atoms with Gasteiger partial charge in [-0.05, 0) is 42.3 Å². The van der Waals surface area contributed by atoms with Crippen LogP contribution in [0.25, 0.3) is 5.57 Å². The van der Waals surface area contributed by atoms with Crippen LogP contribution in [0.3, 0.4) is 0 Å². The minimum atomic E-state index is -0.393. The third kappa shape index (κ3) is 4.02. The first-order chi connectivity index (χ1) is 15.1. The molecule has 4 rings (SSSR count). The highest BCUT2D eigenvalue weighted by Crippen LogP contribution is 2.40. The minimum absolute atomic E-state index is 0.224. The second-order valence-corrected chi connectivity index (χ2v) is 7.07. The molecule has 0 fully saturated rings. The van der Waals surface area contributed by atoms with E-state index in [9.17, 15) is 10.0 Å². The first-order valence-electron chi connectivity index (χ1n) is 10.2. The molecule has 31 heavy (non-hydrogen) atoms. The summed E-state index contributed by atoms with van der Waals surface area (Å²) in [7, 11) is 1.67. The van der Waals surface area contributed by atoms with Gasteiger partial charge in [-0.3, -0.25) is 15.3 Å². The summed E-state index contributed by atoms with van der Waals surface area (Å²) in [5, 5.41) is 11.1. The molecule has 0 bridgehead atoms. The monoisotopic (exact) mass is 416 g/mol. The summed E-state index contributed by atoms with van der Waals surface area (Å²) in [4.78, 5) is 17.3. The van der Waals surface area contributed by atoms with Crippen molar-refractivity contribution in [2.75, 3.05) is 26.8 Å². The Morgan fingerprint density at radius 3 is 2.68 bits per heavy atom. The Labute approximate surface area is 181 Å². The van der Waals surface area contributed by atoms with Gasteiger partial charge in [0.15, 0.2) is 0 Å². The number of benzene rings is 2. The van der Waals surface area contributed by atoms with Crippen LogP contribution in [0, 0.1) is 0 Å². The molecule has 1 aliphatic carbocycles. The molecule has 0 aromatic heterocycles. The third-order valence-corrected chi connectivity index (χ3v) is 5.19. The second kappa shape index (κ2) is 9.02. The molecule has 2 aromatic rings. The standard InChI is InChI=1S/C25H24N2O4/c1-3-30-25(28)23-22(17-9-5-4-6-10-17)20-13-12-19(15-21(20)24(23)26-2)31-16-18-11-7-8-14-27(18)29/h4-13,15,29H,3,14,16H2,1-2H3/b26-24+. The molecule has 6 nitrogen and oxygen atoms in total. The molecule has 2 aromatic carbocycles. The summed E-state index contributed by atoms with van der Waals surface area (Å²) in [5.41, 5.74) is 5.18. The molecule has 2 aliphatic rings. The predicted molar refractivity (Wildman–Crippen MR) is 119 cm³/mol. The number of nitrogens with zero attached hydrogens (tertiary/aromatic N) is 2. The van der Waals surface area contributed by atoms with Crippen molar-refractivity contribution in [3.8, 4) is 5.75 Å². The summed E-state index contributed by atoms with van der Waals surface area (Å²) in [6.45, 7) is 2.73. The van der Waals surface area contributed by atoms with Gasteiger partial charge in [0.05, 0.1) is 30.1 Å². The quantitative estimate of drug-likeness (QED) is 0.721. The number of hydrogen-bond donors (Lipinski definition) is 1. The molecule has 1 N–H and O–H groups in total. The number of carbonyl (C=O) groups is 1. The van der Waals surface area contributed by atoms with Gasteiger partial charge >= 0.3 is 5.97 Å². The summed E-state index contributed by atoms with van der Waals surface area (Å²) in [6, 6.07) is 15.5. The van der Waals surface area contributed by atoms with Crippen LogP contribution in [0.5, 0.6) is 5.75 Å². The topological polar surface area (TPSA) is 71.4 Å². The Bertz CT molecular complexity index is 1110. The molecule has 0 amide bonds. The van der Waals surface area contributed by atoms with Crippen molar-refractivity contribution in [3.63, 3.8) is 0 Å². The lowest BCUT2D eigenvalue weighted by Crippen LogP contribution is -2.24. The van der Waals surface area contributed by atoms with E-state index in [1.165, 1.54) is 0 Å². The molecule has 0 spiro atoms. The Kier molecular flexibility index (Phi) is 6.00. The van der Waals surface area contributed by atoms with E-state index in [1.807, 2.05) is 66.8 Å². The van der Waals surface area contributed by atoms with Crippen LogP contribution in [-0.2, 0) is 9.53 Å². The molecule has 0 saturated carbocycles. The third-order valence-electron chi connectivity index (χ3n) is 5.19. The van der Waals surface area contributed by atoms with E-state index in [0.717, 1.165) is 27.3 Å². The molecule has 0 atom stereocenters. The van der Waals surface area contributed by atoms with Gasteiger partial charge in [0, 0.05) is 18.2 Å². The van der Waals surface area contributed by atoms with E-state index < -0.39 is 5.97 Å². The number of hydrogen-bond acceptors (Lipinski definition) is 6. The summed E-state index contributed by atoms with van der Waals surface area (Å²) < 4.78 is 11.3. The smallest absolute Gasteiger partial charge is 0.340 e. The van der Waals surface area contributed by atoms with Crippen molar-refractivity contribution in [3.05, 3.63) is 94.7 Å². The minimum Gasteiger partial charge on any atom is -0.487 e. The zero-order valence-corrected chi connectivity index (χ0v) is 17.5. The van der Waals surface area contributed by atoms with Crippen LogP contribution in [0.15, 0.2) is 83.0 Å². The lowest BCUT2D eigenvalue weighted by Gasteiger charge is -2.21. The molecule has 1 aliphatic heterocycles.